The van der Waals surface area contributed by atoms with E-state index in [1.54, 1.807) is 0 Å². The predicted octanol–water partition coefficient (Wildman–Crippen LogP) is 4.33. The van der Waals surface area contributed by atoms with E-state index in [1.807, 2.05) is 24.3 Å². The van der Waals surface area contributed by atoms with Crippen molar-refractivity contribution >= 4 is 35.3 Å². The fourth-order valence-corrected chi connectivity index (χ4v) is 3.78. The number of benzene rings is 1. The van der Waals surface area contributed by atoms with Crippen LogP contribution in [0.5, 0.6) is 0 Å². The number of pyridine rings is 1. The first-order chi connectivity index (χ1) is 12.2. The molecule has 136 valence electrons. The highest BCUT2D eigenvalue weighted by atomic mass is 35.5. The van der Waals surface area contributed by atoms with E-state index in [9.17, 15) is 4.79 Å². The van der Waals surface area contributed by atoms with Crippen LogP contribution < -0.4 is 11.1 Å². The number of hydrogen-bond donors (Lipinski definition) is 2. The van der Waals surface area contributed by atoms with Crippen molar-refractivity contribution in [2.75, 3.05) is 5.32 Å². The van der Waals surface area contributed by atoms with Crippen molar-refractivity contribution in [1.29, 1.82) is 0 Å². The van der Waals surface area contributed by atoms with Gasteiger partial charge in [0.15, 0.2) is 0 Å². The molecule has 4 rings (SSSR count). The average Bonchev–Trinajstić information content (AvgIpc) is 3.27. The number of carbonyl (C=O) groups excluding carboxylic acids is 1. The number of primary amides is 1. The summed E-state index contributed by atoms with van der Waals surface area (Å²) >= 11 is 0. The predicted molar refractivity (Wildman–Crippen MR) is 108 cm³/mol. The molecular formula is C21H24ClN3O. The summed E-state index contributed by atoms with van der Waals surface area (Å²) in [7, 11) is 0. The van der Waals surface area contributed by atoms with Crippen LogP contribution in [0, 0.1) is 0 Å². The zero-order valence-electron chi connectivity index (χ0n) is 14.8. The molecule has 0 radical (unpaired) electrons. The Balaban J connectivity index is 0.00000196. The van der Waals surface area contributed by atoms with Crippen LogP contribution in [0.2, 0.25) is 0 Å². The van der Waals surface area contributed by atoms with Gasteiger partial charge in [-0.3, -0.25) is 9.78 Å². The van der Waals surface area contributed by atoms with E-state index >= 15 is 0 Å². The second kappa shape index (κ2) is 7.92. The van der Waals surface area contributed by atoms with E-state index in [0.717, 1.165) is 42.6 Å². The lowest BCUT2D eigenvalue weighted by atomic mass is 10.1. The molecule has 4 nitrogen and oxygen atoms in total. The monoisotopic (exact) mass is 369 g/mol. The van der Waals surface area contributed by atoms with Crippen LogP contribution in [0.1, 0.15) is 48.2 Å². The molecule has 5 heteroatoms. The summed E-state index contributed by atoms with van der Waals surface area (Å²) in [6.07, 6.45) is 9.47. The molecule has 0 bridgehead atoms. The van der Waals surface area contributed by atoms with Crippen molar-refractivity contribution in [3.8, 4) is 0 Å². The Kier molecular flexibility index (Phi) is 5.62. The lowest BCUT2D eigenvalue weighted by molar-refractivity contribution is -0.117. The normalized spacial score (nSPS) is 15.2. The molecule has 0 saturated heterocycles. The molecule has 0 unspecified atom stereocenters. The number of aryl methyl sites for hydroxylation is 1. The summed E-state index contributed by atoms with van der Waals surface area (Å²) in [6.45, 7) is 0. The quantitative estimate of drug-likeness (QED) is 0.824. The molecule has 0 aliphatic heterocycles. The summed E-state index contributed by atoms with van der Waals surface area (Å²) in [5.74, 6) is -0.304. The van der Waals surface area contributed by atoms with E-state index in [1.165, 1.54) is 35.4 Å². The van der Waals surface area contributed by atoms with E-state index in [2.05, 4.69) is 17.5 Å². The number of fused-ring (bicyclic) bond motifs is 1. The number of halogens is 1. The first-order valence-electron chi connectivity index (χ1n) is 9.05. The van der Waals surface area contributed by atoms with Gasteiger partial charge in [-0.15, -0.1) is 12.4 Å². The average molecular weight is 370 g/mol. The highest BCUT2D eigenvalue weighted by Gasteiger charge is 2.20. The number of nitrogens with two attached hydrogens (primary N) is 1. The lowest BCUT2D eigenvalue weighted by Gasteiger charge is -2.14. The number of hydrogen-bond acceptors (Lipinski definition) is 3. The van der Waals surface area contributed by atoms with Gasteiger partial charge in [-0.25, -0.2) is 0 Å². The Morgan fingerprint density at radius 1 is 1.12 bits per heavy atom. The fraction of sp³-hybridized carbons (Fsp3) is 0.333. The highest BCUT2D eigenvalue weighted by molar-refractivity contribution is 5.85. The molecule has 1 amide bonds. The van der Waals surface area contributed by atoms with Crippen LogP contribution in [0.25, 0.3) is 5.57 Å². The summed E-state index contributed by atoms with van der Waals surface area (Å²) in [4.78, 5) is 16.0. The molecule has 3 N–H and O–H groups in total. The Morgan fingerprint density at radius 3 is 2.62 bits per heavy atom. The van der Waals surface area contributed by atoms with Gasteiger partial charge in [-0.2, -0.15) is 0 Å². The molecule has 0 atom stereocenters. The lowest BCUT2D eigenvalue weighted by Crippen LogP contribution is -2.13. The van der Waals surface area contributed by atoms with Crippen LogP contribution in [-0.2, 0) is 24.1 Å². The zero-order valence-corrected chi connectivity index (χ0v) is 15.6. The standard InChI is InChI=1S/C21H23N3O.ClH/c22-21(25)12-14-8-10-16(11-9-14)23-20-13-19(15-4-1-2-5-15)24-18-7-3-6-17(18)20;/h4,8-11,13H,1-3,5-7,12H2,(H2,22,25)(H,23,24);1H. The van der Waals surface area contributed by atoms with Crippen LogP contribution in [-0.4, -0.2) is 10.9 Å². The topological polar surface area (TPSA) is 68.0 Å². The van der Waals surface area contributed by atoms with E-state index in [0.29, 0.717) is 0 Å². The number of allylic oxidation sites excluding steroid dienone is 2. The van der Waals surface area contributed by atoms with Crippen molar-refractivity contribution < 1.29 is 4.79 Å². The number of rotatable bonds is 5. The van der Waals surface area contributed by atoms with E-state index in [4.69, 9.17) is 10.7 Å². The minimum Gasteiger partial charge on any atom is -0.369 e. The maximum absolute atomic E-state index is 11.0. The van der Waals surface area contributed by atoms with Gasteiger partial charge in [0.1, 0.15) is 0 Å². The van der Waals surface area contributed by atoms with Gasteiger partial charge in [-0.1, -0.05) is 18.2 Å². The smallest absolute Gasteiger partial charge is 0.221 e. The molecule has 2 aliphatic carbocycles. The zero-order chi connectivity index (χ0) is 17.2. The number of carbonyl (C=O) groups is 1. The van der Waals surface area contributed by atoms with Crippen molar-refractivity contribution in [2.24, 2.45) is 5.73 Å². The minimum absolute atomic E-state index is 0. The maximum atomic E-state index is 11.0. The second-order valence-corrected chi connectivity index (χ2v) is 6.92. The Morgan fingerprint density at radius 2 is 1.92 bits per heavy atom. The molecule has 2 aromatic rings. The summed E-state index contributed by atoms with van der Waals surface area (Å²) in [5.41, 5.74) is 13.5. The molecule has 1 aromatic heterocycles. The largest absolute Gasteiger partial charge is 0.369 e. The van der Waals surface area contributed by atoms with Gasteiger partial charge in [0.25, 0.3) is 0 Å². The molecular weight excluding hydrogens is 346 g/mol. The van der Waals surface area contributed by atoms with Crippen molar-refractivity contribution in [2.45, 2.75) is 44.9 Å². The minimum atomic E-state index is -0.304. The van der Waals surface area contributed by atoms with Crippen molar-refractivity contribution in [3.05, 3.63) is 58.9 Å². The SMILES string of the molecule is Cl.NC(=O)Cc1ccc(Nc2cc(C3=CCCC3)nc3c2CCC3)cc1. The van der Waals surface area contributed by atoms with E-state index in [-0.39, 0.29) is 24.7 Å². The molecule has 1 heterocycles. The summed E-state index contributed by atoms with van der Waals surface area (Å²) in [6, 6.07) is 10.1. The van der Waals surface area contributed by atoms with Crippen molar-refractivity contribution in [1.82, 2.24) is 4.98 Å². The molecule has 0 fully saturated rings. The van der Waals surface area contributed by atoms with Gasteiger partial charge in [0.05, 0.1) is 12.1 Å². The van der Waals surface area contributed by atoms with Crippen LogP contribution in [0.4, 0.5) is 11.4 Å². The van der Waals surface area contributed by atoms with Crippen molar-refractivity contribution in [3.63, 3.8) is 0 Å². The fourth-order valence-electron chi connectivity index (χ4n) is 3.78. The molecule has 2 aliphatic rings. The highest BCUT2D eigenvalue weighted by Crippen LogP contribution is 2.35. The second-order valence-electron chi connectivity index (χ2n) is 6.92. The van der Waals surface area contributed by atoms with Crippen LogP contribution >= 0.6 is 12.4 Å². The molecule has 0 saturated carbocycles. The maximum Gasteiger partial charge on any atom is 0.221 e. The summed E-state index contributed by atoms with van der Waals surface area (Å²) < 4.78 is 0. The number of aromatic nitrogens is 1. The molecule has 1 aromatic carbocycles. The third kappa shape index (κ3) is 3.91. The first-order valence-corrected chi connectivity index (χ1v) is 9.05. The van der Waals surface area contributed by atoms with Gasteiger partial charge >= 0.3 is 0 Å². The van der Waals surface area contributed by atoms with Gasteiger partial charge in [0.2, 0.25) is 5.91 Å². The molecule has 26 heavy (non-hydrogen) atoms. The number of anilines is 2. The first kappa shape index (κ1) is 18.5. The Hall–Kier alpha value is -2.33. The molecule has 0 spiro atoms. The van der Waals surface area contributed by atoms with Crippen LogP contribution in [0.3, 0.4) is 0 Å². The number of nitrogens with one attached hydrogen (secondary N) is 1. The Labute approximate surface area is 160 Å². The van der Waals surface area contributed by atoms with E-state index < -0.39 is 0 Å². The Bertz CT molecular complexity index is 843. The third-order valence-electron chi connectivity index (χ3n) is 5.03. The number of amides is 1. The summed E-state index contributed by atoms with van der Waals surface area (Å²) in [5, 5.41) is 3.57. The third-order valence-corrected chi connectivity index (χ3v) is 5.03. The van der Waals surface area contributed by atoms with Gasteiger partial charge in [-0.05, 0) is 73.4 Å². The van der Waals surface area contributed by atoms with Crippen LogP contribution in [0.15, 0.2) is 36.4 Å². The van der Waals surface area contributed by atoms with Gasteiger partial charge < -0.3 is 11.1 Å². The van der Waals surface area contributed by atoms with Gasteiger partial charge in [0, 0.05) is 17.1 Å². The number of nitrogens with zero attached hydrogens (tertiary/aromatic N) is 1.